The maximum atomic E-state index is 13.2. The highest BCUT2D eigenvalue weighted by atomic mass is 35.5. The number of aryl methyl sites for hydroxylation is 2. The first-order valence-corrected chi connectivity index (χ1v) is 10.3. The Hall–Kier alpha value is -1.47. The summed E-state index contributed by atoms with van der Waals surface area (Å²) in [7, 11) is -3.48. The maximum Gasteiger partial charge on any atom is 0.243 e. The third-order valence-electron chi connectivity index (χ3n) is 4.86. The summed E-state index contributed by atoms with van der Waals surface area (Å²) in [5.41, 5.74) is 2.89. The summed E-state index contributed by atoms with van der Waals surface area (Å²) in [5, 5.41) is 0.398. The van der Waals surface area contributed by atoms with Gasteiger partial charge in [0.05, 0.1) is 4.90 Å². The Labute approximate surface area is 159 Å². The van der Waals surface area contributed by atoms with Crippen LogP contribution in [0.5, 0.6) is 0 Å². The van der Waals surface area contributed by atoms with Crippen molar-refractivity contribution in [3.8, 4) is 0 Å². The summed E-state index contributed by atoms with van der Waals surface area (Å²) in [6.45, 7) is 6.53. The third kappa shape index (κ3) is 4.09. The molecule has 1 saturated heterocycles. The number of hydrogen-bond acceptors (Lipinski definition) is 3. The van der Waals surface area contributed by atoms with E-state index >= 15 is 0 Å². The van der Waals surface area contributed by atoms with E-state index in [4.69, 9.17) is 11.6 Å². The van der Waals surface area contributed by atoms with Gasteiger partial charge in [0, 0.05) is 37.7 Å². The molecule has 3 rings (SSSR count). The molecule has 7 heteroatoms. The summed E-state index contributed by atoms with van der Waals surface area (Å²) in [6, 6.07) is 9.61. The zero-order chi connectivity index (χ0) is 18.9. The van der Waals surface area contributed by atoms with Gasteiger partial charge in [0.2, 0.25) is 10.0 Å². The Morgan fingerprint density at radius 2 is 1.69 bits per heavy atom. The van der Waals surface area contributed by atoms with E-state index in [1.807, 2.05) is 19.9 Å². The number of piperazine rings is 1. The first kappa shape index (κ1) is 19.3. The molecule has 26 heavy (non-hydrogen) atoms. The Kier molecular flexibility index (Phi) is 5.67. The maximum absolute atomic E-state index is 13.2. The number of sulfonamides is 1. The summed E-state index contributed by atoms with van der Waals surface area (Å²) in [4.78, 5) is 2.47. The quantitative estimate of drug-likeness (QED) is 0.792. The first-order chi connectivity index (χ1) is 12.3. The van der Waals surface area contributed by atoms with Crippen molar-refractivity contribution in [1.82, 2.24) is 9.21 Å². The lowest BCUT2D eigenvalue weighted by Crippen LogP contribution is -2.48. The van der Waals surface area contributed by atoms with E-state index in [9.17, 15) is 12.8 Å². The Morgan fingerprint density at radius 3 is 2.31 bits per heavy atom. The van der Waals surface area contributed by atoms with Crippen molar-refractivity contribution < 1.29 is 12.8 Å². The number of rotatable bonds is 4. The second kappa shape index (κ2) is 7.64. The molecule has 140 valence electrons. The second-order valence-electron chi connectivity index (χ2n) is 6.66. The number of benzene rings is 2. The Balaban J connectivity index is 1.66. The van der Waals surface area contributed by atoms with Gasteiger partial charge in [-0.25, -0.2) is 12.8 Å². The molecule has 1 heterocycles. The molecule has 4 nitrogen and oxygen atoms in total. The van der Waals surface area contributed by atoms with Crippen LogP contribution in [0.1, 0.15) is 16.7 Å². The molecule has 0 aliphatic carbocycles. The van der Waals surface area contributed by atoms with Crippen LogP contribution in [0, 0.1) is 19.7 Å². The molecule has 0 atom stereocenters. The van der Waals surface area contributed by atoms with Gasteiger partial charge in [0.1, 0.15) is 5.82 Å². The van der Waals surface area contributed by atoms with Crippen molar-refractivity contribution >= 4 is 21.6 Å². The molecular weight excluding hydrogens is 375 g/mol. The van der Waals surface area contributed by atoms with E-state index in [0.717, 1.165) is 16.7 Å². The molecule has 0 amide bonds. The second-order valence-corrected chi connectivity index (χ2v) is 9.01. The van der Waals surface area contributed by atoms with Crippen LogP contribution in [-0.2, 0) is 16.6 Å². The molecule has 0 radical (unpaired) electrons. The van der Waals surface area contributed by atoms with E-state index < -0.39 is 10.0 Å². The fourth-order valence-corrected chi connectivity index (χ4v) is 4.78. The van der Waals surface area contributed by atoms with Crippen LogP contribution in [-0.4, -0.2) is 43.8 Å². The largest absolute Gasteiger partial charge is 0.296 e. The highest BCUT2D eigenvalue weighted by molar-refractivity contribution is 7.89. The van der Waals surface area contributed by atoms with Gasteiger partial charge in [-0.15, -0.1) is 0 Å². The van der Waals surface area contributed by atoms with Crippen molar-refractivity contribution in [1.29, 1.82) is 0 Å². The van der Waals surface area contributed by atoms with Crippen molar-refractivity contribution in [2.24, 2.45) is 0 Å². The fourth-order valence-electron chi connectivity index (χ4n) is 3.04. The standard InChI is InChI=1S/C19H22ClFN2O2S/c1-14-3-6-18(11-15(14)2)26(24,25)23-9-7-22(8-10-23)13-16-4-5-17(21)12-19(16)20/h3-6,11-12H,7-10,13H2,1-2H3. The summed E-state index contributed by atoms with van der Waals surface area (Å²) in [5.74, 6) is -0.358. The number of nitrogens with zero attached hydrogens (tertiary/aromatic N) is 2. The van der Waals surface area contributed by atoms with E-state index in [1.54, 1.807) is 18.2 Å². The van der Waals surface area contributed by atoms with Gasteiger partial charge in [0.25, 0.3) is 0 Å². The predicted octanol–water partition coefficient (Wildman–Crippen LogP) is 3.60. The van der Waals surface area contributed by atoms with Gasteiger partial charge in [-0.3, -0.25) is 4.90 Å². The van der Waals surface area contributed by atoms with Crippen LogP contribution in [0.4, 0.5) is 4.39 Å². The predicted molar refractivity (Wildman–Crippen MR) is 101 cm³/mol. The molecule has 0 unspecified atom stereocenters. The van der Waals surface area contributed by atoms with E-state index in [-0.39, 0.29) is 5.82 Å². The smallest absolute Gasteiger partial charge is 0.243 e. The molecule has 0 aromatic heterocycles. The molecule has 1 fully saturated rings. The summed E-state index contributed by atoms with van der Waals surface area (Å²) in [6.07, 6.45) is 0. The molecule has 1 aliphatic heterocycles. The third-order valence-corrected chi connectivity index (χ3v) is 7.10. The average molecular weight is 397 g/mol. The average Bonchev–Trinajstić information content (AvgIpc) is 2.60. The highest BCUT2D eigenvalue weighted by Crippen LogP contribution is 2.23. The number of halogens is 2. The van der Waals surface area contributed by atoms with Crippen molar-refractivity contribution in [2.45, 2.75) is 25.3 Å². The zero-order valence-electron chi connectivity index (χ0n) is 14.9. The minimum atomic E-state index is -3.48. The zero-order valence-corrected chi connectivity index (χ0v) is 16.4. The number of hydrogen-bond donors (Lipinski definition) is 0. The van der Waals surface area contributed by atoms with Gasteiger partial charge in [-0.05, 0) is 54.8 Å². The molecule has 0 N–H and O–H groups in total. The monoisotopic (exact) mass is 396 g/mol. The van der Waals surface area contributed by atoms with Gasteiger partial charge < -0.3 is 0 Å². The van der Waals surface area contributed by atoms with Crippen LogP contribution in [0.25, 0.3) is 0 Å². The minimum absolute atomic E-state index is 0.343. The Morgan fingerprint density at radius 1 is 1.00 bits per heavy atom. The van der Waals surface area contributed by atoms with Gasteiger partial charge in [-0.2, -0.15) is 4.31 Å². The molecule has 0 spiro atoms. The highest BCUT2D eigenvalue weighted by Gasteiger charge is 2.28. The SMILES string of the molecule is Cc1ccc(S(=O)(=O)N2CCN(Cc3ccc(F)cc3Cl)CC2)cc1C. The molecule has 0 bridgehead atoms. The van der Waals surface area contributed by atoms with E-state index in [0.29, 0.717) is 42.6 Å². The fraction of sp³-hybridized carbons (Fsp3) is 0.368. The van der Waals surface area contributed by atoms with Crippen molar-refractivity contribution in [2.75, 3.05) is 26.2 Å². The van der Waals surface area contributed by atoms with Gasteiger partial charge in [0.15, 0.2) is 0 Å². The van der Waals surface area contributed by atoms with E-state index in [2.05, 4.69) is 4.90 Å². The lowest BCUT2D eigenvalue weighted by Gasteiger charge is -2.34. The molecule has 1 aliphatic rings. The molecule has 0 saturated carbocycles. The van der Waals surface area contributed by atoms with Crippen LogP contribution < -0.4 is 0 Å². The minimum Gasteiger partial charge on any atom is -0.296 e. The van der Waals surface area contributed by atoms with Gasteiger partial charge in [-0.1, -0.05) is 23.7 Å². The van der Waals surface area contributed by atoms with E-state index in [1.165, 1.54) is 16.4 Å². The molecule has 2 aromatic rings. The first-order valence-electron chi connectivity index (χ1n) is 8.51. The Bertz CT molecular complexity index is 910. The van der Waals surface area contributed by atoms with Crippen molar-refractivity contribution in [3.05, 3.63) is 63.9 Å². The molecular formula is C19H22ClFN2O2S. The topological polar surface area (TPSA) is 40.6 Å². The van der Waals surface area contributed by atoms with Crippen LogP contribution >= 0.6 is 11.6 Å². The van der Waals surface area contributed by atoms with Crippen LogP contribution in [0.2, 0.25) is 5.02 Å². The van der Waals surface area contributed by atoms with Crippen LogP contribution in [0.15, 0.2) is 41.3 Å². The van der Waals surface area contributed by atoms with Gasteiger partial charge >= 0.3 is 0 Å². The van der Waals surface area contributed by atoms with Crippen LogP contribution in [0.3, 0.4) is 0 Å². The molecule has 2 aromatic carbocycles. The lowest BCUT2D eigenvalue weighted by atomic mass is 10.1. The van der Waals surface area contributed by atoms with Crippen molar-refractivity contribution in [3.63, 3.8) is 0 Å². The summed E-state index contributed by atoms with van der Waals surface area (Å²) >= 11 is 6.08. The summed E-state index contributed by atoms with van der Waals surface area (Å²) < 4.78 is 40.4. The lowest BCUT2D eigenvalue weighted by molar-refractivity contribution is 0.181. The normalized spacial score (nSPS) is 16.8.